The molecule has 5 aromatic rings. The topological polar surface area (TPSA) is 0 Å². The fourth-order valence-electron chi connectivity index (χ4n) is 5.27. The molecule has 0 radical (unpaired) electrons. The Hall–Kier alpha value is -3.12. The highest BCUT2D eigenvalue weighted by atomic mass is 14.4. The predicted octanol–water partition coefficient (Wildman–Crippen LogP) is 10.5. The van der Waals surface area contributed by atoms with Gasteiger partial charge in [0.05, 0.1) is 0 Å². The molecule has 0 nitrogen and oxygen atoms in total. The second-order valence-corrected chi connectivity index (χ2v) is 8.21. The minimum absolute atomic E-state index is 0.0326. The van der Waals surface area contributed by atoms with E-state index in [1.165, 1.54) is 54.6 Å². The van der Waals surface area contributed by atoms with Gasteiger partial charge in [-0.1, -0.05) is 140 Å². The third-order valence-electron chi connectivity index (χ3n) is 6.38. The van der Waals surface area contributed by atoms with Crippen LogP contribution in [0, 0.1) is 0 Å². The molecule has 0 spiro atoms. The zero-order valence-corrected chi connectivity index (χ0v) is 21.6. The molecule has 0 saturated heterocycles. The van der Waals surface area contributed by atoms with Gasteiger partial charge in [0.25, 0.3) is 0 Å². The molecule has 5 aromatic carbocycles. The van der Waals surface area contributed by atoms with Gasteiger partial charge in [-0.3, -0.25) is 0 Å². The van der Waals surface area contributed by atoms with E-state index >= 15 is 0 Å². The lowest BCUT2D eigenvalue weighted by Crippen LogP contribution is -2.16. The van der Waals surface area contributed by atoms with Crippen molar-refractivity contribution in [1.82, 2.24) is 0 Å². The lowest BCUT2D eigenvalue weighted by Gasteiger charge is -2.25. The summed E-state index contributed by atoms with van der Waals surface area (Å²) in [5.41, 5.74) is 5.70. The van der Waals surface area contributed by atoms with Crippen molar-refractivity contribution in [3.63, 3.8) is 0 Å². The molecule has 0 bridgehead atoms. The minimum atomic E-state index is -0.0326. The van der Waals surface area contributed by atoms with Crippen LogP contribution in [0.5, 0.6) is 0 Å². The number of fused-ring (bicyclic) bond motifs is 9. The van der Waals surface area contributed by atoms with Crippen LogP contribution in [0.2, 0.25) is 0 Å². The summed E-state index contributed by atoms with van der Waals surface area (Å²) < 4.78 is 0. The third kappa shape index (κ3) is 3.82. The molecular weight excluding hydrogens is 396 g/mol. The van der Waals surface area contributed by atoms with Gasteiger partial charge in [-0.05, 0) is 54.6 Å². The highest BCUT2D eigenvalue weighted by molar-refractivity contribution is 6.14. The molecule has 1 aliphatic rings. The largest absolute Gasteiger partial charge is 0.0683 e. The Morgan fingerprint density at radius 3 is 1.48 bits per heavy atom. The van der Waals surface area contributed by atoms with Crippen molar-refractivity contribution in [2.75, 3.05) is 0 Å². The fourth-order valence-corrected chi connectivity index (χ4v) is 5.27. The van der Waals surface area contributed by atoms with Crippen LogP contribution in [0.4, 0.5) is 0 Å². The first-order chi connectivity index (χ1) is 16.2. The van der Waals surface area contributed by atoms with Crippen molar-refractivity contribution in [1.29, 1.82) is 0 Å². The lowest BCUT2D eigenvalue weighted by molar-refractivity contribution is 0.672. The summed E-state index contributed by atoms with van der Waals surface area (Å²) in [5.74, 6) is 0. The van der Waals surface area contributed by atoms with Gasteiger partial charge in [-0.25, -0.2) is 0 Å². The molecule has 0 saturated carbocycles. The van der Waals surface area contributed by atoms with E-state index in [0.717, 1.165) is 0 Å². The summed E-state index contributed by atoms with van der Waals surface area (Å²) in [6.45, 7) is 16.8. The highest BCUT2D eigenvalue weighted by Crippen LogP contribution is 2.54. The number of rotatable bonds is 0. The maximum absolute atomic E-state index is 2.39. The summed E-state index contributed by atoms with van der Waals surface area (Å²) in [5, 5.41) is 8.12. The predicted molar refractivity (Wildman–Crippen MR) is 151 cm³/mol. The Labute approximate surface area is 200 Å². The van der Waals surface area contributed by atoms with E-state index in [1.54, 1.807) is 0 Å². The molecule has 0 fully saturated rings. The van der Waals surface area contributed by atoms with E-state index in [2.05, 4.69) is 98.8 Å². The Balaban J connectivity index is 0.000000475. The van der Waals surface area contributed by atoms with Crippen LogP contribution >= 0.6 is 0 Å². The van der Waals surface area contributed by atoms with Crippen molar-refractivity contribution in [2.45, 2.75) is 60.8 Å². The van der Waals surface area contributed by atoms with Crippen LogP contribution in [0.3, 0.4) is 0 Å². The first-order valence-corrected chi connectivity index (χ1v) is 12.6. The van der Waals surface area contributed by atoms with Gasteiger partial charge in [0, 0.05) is 5.41 Å². The van der Waals surface area contributed by atoms with Crippen LogP contribution in [-0.4, -0.2) is 0 Å². The monoisotopic (exact) mass is 434 g/mol. The lowest BCUT2D eigenvalue weighted by atomic mass is 9.78. The van der Waals surface area contributed by atoms with Gasteiger partial charge in [0.2, 0.25) is 0 Å². The van der Waals surface area contributed by atoms with Crippen molar-refractivity contribution < 1.29 is 0 Å². The summed E-state index contributed by atoms with van der Waals surface area (Å²) in [4.78, 5) is 0. The van der Waals surface area contributed by atoms with Gasteiger partial charge >= 0.3 is 0 Å². The van der Waals surface area contributed by atoms with E-state index in [9.17, 15) is 0 Å². The summed E-state index contributed by atoms with van der Waals surface area (Å²) in [6, 6.07) is 31.3. The number of hydrogen-bond acceptors (Lipinski definition) is 0. The molecule has 1 aliphatic carbocycles. The molecule has 6 rings (SSSR count). The smallest absolute Gasteiger partial charge is 0.0171 e. The second-order valence-electron chi connectivity index (χ2n) is 8.21. The van der Waals surface area contributed by atoms with E-state index < -0.39 is 0 Å². The number of hydrogen-bond donors (Lipinski definition) is 0. The summed E-state index contributed by atoms with van der Waals surface area (Å²) >= 11 is 0. The molecule has 0 unspecified atom stereocenters. The van der Waals surface area contributed by atoms with Gasteiger partial charge < -0.3 is 0 Å². The Bertz CT molecular complexity index is 1390. The van der Waals surface area contributed by atoms with Gasteiger partial charge in [-0.15, -0.1) is 0 Å². The van der Waals surface area contributed by atoms with E-state index in [-0.39, 0.29) is 5.41 Å². The molecule has 170 valence electrons. The van der Waals surface area contributed by atoms with Crippen LogP contribution in [-0.2, 0) is 5.41 Å². The van der Waals surface area contributed by atoms with Crippen molar-refractivity contribution in [2.24, 2.45) is 0 Å². The van der Waals surface area contributed by atoms with Crippen molar-refractivity contribution in [3.8, 4) is 11.1 Å². The Kier molecular flexibility index (Phi) is 7.59. The standard InChI is InChI=1S/C27H20.3C2H6/c1-27(2)25-21-10-6-4-8-18(21)13-15-22(25)23-16-14-19-12-11-17-7-3-5-9-20(17)24(19)26(23)27;3*1-2/h3-16H,1-2H3;3*1-2H3. The first kappa shape index (κ1) is 24.5. The third-order valence-corrected chi connectivity index (χ3v) is 6.38. The first-order valence-electron chi connectivity index (χ1n) is 12.6. The number of benzene rings is 5. The average molecular weight is 435 g/mol. The quantitative estimate of drug-likeness (QED) is 0.213. The highest BCUT2D eigenvalue weighted by Gasteiger charge is 2.38. The van der Waals surface area contributed by atoms with Crippen molar-refractivity contribution in [3.05, 3.63) is 96.1 Å². The van der Waals surface area contributed by atoms with Crippen molar-refractivity contribution >= 4 is 32.3 Å². The fraction of sp³-hybridized carbons (Fsp3) is 0.273. The molecule has 0 atom stereocenters. The zero-order valence-electron chi connectivity index (χ0n) is 21.6. The normalized spacial score (nSPS) is 12.5. The Morgan fingerprint density at radius 1 is 0.424 bits per heavy atom. The minimum Gasteiger partial charge on any atom is -0.0683 e. The maximum Gasteiger partial charge on any atom is 0.0171 e. The van der Waals surface area contributed by atoms with Crippen LogP contribution in [0.25, 0.3) is 43.4 Å². The molecule has 0 heteroatoms. The molecule has 0 aliphatic heterocycles. The maximum atomic E-state index is 2.39. The van der Waals surface area contributed by atoms with Crippen LogP contribution in [0.15, 0.2) is 84.9 Å². The molecule has 0 N–H and O–H groups in total. The Morgan fingerprint density at radius 2 is 0.848 bits per heavy atom. The van der Waals surface area contributed by atoms with E-state index in [1.807, 2.05) is 41.5 Å². The summed E-state index contributed by atoms with van der Waals surface area (Å²) in [7, 11) is 0. The zero-order chi connectivity index (χ0) is 24.2. The van der Waals surface area contributed by atoms with Gasteiger partial charge in [0.15, 0.2) is 0 Å². The van der Waals surface area contributed by atoms with E-state index in [4.69, 9.17) is 0 Å². The molecule has 0 amide bonds. The molecule has 33 heavy (non-hydrogen) atoms. The van der Waals surface area contributed by atoms with Gasteiger partial charge in [0.1, 0.15) is 0 Å². The molecular formula is C33H38. The average Bonchev–Trinajstić information content (AvgIpc) is 3.14. The van der Waals surface area contributed by atoms with Gasteiger partial charge in [-0.2, -0.15) is 0 Å². The SMILES string of the molecule is CC.CC.CC.CC1(C)c2c(ccc3ccccc23)-c2ccc3ccc4ccccc4c3c21. The second kappa shape index (κ2) is 10.2. The van der Waals surface area contributed by atoms with E-state index in [0.29, 0.717) is 0 Å². The molecule has 0 heterocycles. The van der Waals surface area contributed by atoms with Crippen LogP contribution < -0.4 is 0 Å². The van der Waals surface area contributed by atoms with Crippen LogP contribution in [0.1, 0.15) is 66.5 Å². The molecule has 0 aromatic heterocycles. The summed E-state index contributed by atoms with van der Waals surface area (Å²) in [6.07, 6.45) is 0.